The standard InChI is InChI=1S/C52H46/c1-4-5-20-42-33(3)36-16-6-10-21-43(36)51(42)44-22-11-7-17-37(44)39-28-26-34(30-48(39)51)35-27-29-40-38-18-8-12-23-45(38)52(49(40)31-35)46-24-13-9-19-41(46)50-32(2)15-14-25-47(50)52/h4-6,8-16,18-20,22-24,26,28,30-32,43,47,50H,1,7,17,21,25,27,29H2,2-3H3. The molecule has 0 N–H and O–H groups in total. The Morgan fingerprint density at radius 2 is 1.62 bits per heavy atom. The van der Waals surface area contributed by atoms with E-state index in [0.717, 1.165) is 38.5 Å². The second kappa shape index (κ2) is 11.0. The van der Waals surface area contributed by atoms with Crippen LogP contribution in [0.2, 0.25) is 0 Å². The van der Waals surface area contributed by atoms with Crippen molar-refractivity contribution in [1.29, 1.82) is 0 Å². The van der Waals surface area contributed by atoms with Crippen molar-refractivity contribution in [2.75, 3.05) is 0 Å². The van der Waals surface area contributed by atoms with Crippen LogP contribution in [0.25, 0.3) is 16.7 Å². The average molecular weight is 671 g/mol. The summed E-state index contributed by atoms with van der Waals surface area (Å²) >= 11 is 0. The zero-order valence-electron chi connectivity index (χ0n) is 30.5. The summed E-state index contributed by atoms with van der Waals surface area (Å²) in [6.45, 7) is 8.91. The molecule has 3 aromatic carbocycles. The van der Waals surface area contributed by atoms with Crippen LogP contribution in [0.1, 0.15) is 97.2 Å². The van der Waals surface area contributed by atoms with Gasteiger partial charge in [0.05, 0.1) is 5.41 Å². The molecule has 0 saturated carbocycles. The zero-order valence-corrected chi connectivity index (χ0v) is 30.5. The van der Waals surface area contributed by atoms with E-state index in [0.29, 0.717) is 23.7 Å². The molecule has 0 heteroatoms. The molecule has 254 valence electrons. The molecule has 8 aliphatic rings. The Kier molecular flexibility index (Phi) is 6.51. The lowest BCUT2D eigenvalue weighted by Crippen LogP contribution is -2.36. The molecule has 3 aromatic rings. The van der Waals surface area contributed by atoms with Gasteiger partial charge in [-0.2, -0.15) is 0 Å². The molecule has 0 fully saturated rings. The highest BCUT2D eigenvalue weighted by Gasteiger charge is 2.60. The molecule has 0 nitrogen and oxygen atoms in total. The van der Waals surface area contributed by atoms with Crippen molar-refractivity contribution < 1.29 is 0 Å². The predicted molar refractivity (Wildman–Crippen MR) is 218 cm³/mol. The van der Waals surface area contributed by atoms with E-state index in [-0.39, 0.29) is 10.8 Å². The molecule has 0 amide bonds. The van der Waals surface area contributed by atoms with E-state index in [9.17, 15) is 0 Å². The van der Waals surface area contributed by atoms with E-state index in [1.54, 1.807) is 39.0 Å². The Labute approximate surface area is 309 Å². The number of hydrogen-bond donors (Lipinski definition) is 0. The molecule has 8 aliphatic carbocycles. The third-order valence-corrected chi connectivity index (χ3v) is 14.6. The first-order valence-corrected chi connectivity index (χ1v) is 19.8. The van der Waals surface area contributed by atoms with Crippen molar-refractivity contribution in [2.24, 2.45) is 17.8 Å². The maximum Gasteiger partial charge on any atom is 0.0534 e. The van der Waals surface area contributed by atoms with Gasteiger partial charge in [-0.05, 0) is 153 Å². The predicted octanol–water partition coefficient (Wildman–Crippen LogP) is 12.9. The lowest BCUT2D eigenvalue weighted by atomic mass is 9.61. The van der Waals surface area contributed by atoms with E-state index in [4.69, 9.17) is 0 Å². The van der Waals surface area contributed by atoms with E-state index >= 15 is 0 Å². The average Bonchev–Trinajstić information content (AvgIpc) is 3.85. The normalized spacial score (nSPS) is 31.5. The summed E-state index contributed by atoms with van der Waals surface area (Å²) in [7, 11) is 0. The van der Waals surface area contributed by atoms with Crippen molar-refractivity contribution >= 4 is 16.7 Å². The van der Waals surface area contributed by atoms with Crippen molar-refractivity contribution in [1.82, 2.24) is 0 Å². The van der Waals surface area contributed by atoms with Gasteiger partial charge in [-0.15, -0.1) is 0 Å². The third kappa shape index (κ3) is 3.64. The van der Waals surface area contributed by atoms with Crippen LogP contribution >= 0.6 is 0 Å². The lowest BCUT2D eigenvalue weighted by molar-refractivity contribution is 0.301. The SMILES string of the molecule is C=CC=CC1=C(C)C2=CC=CCC2C12C1=C(CCC=C1)c1ccc(C3=CC4=C(CC3)c3ccccc3C43c4ccccc4C4C(C)C=CCC43)cc12. The molecule has 0 saturated heterocycles. The maximum absolute atomic E-state index is 4.09. The monoisotopic (exact) mass is 670 g/mol. The Balaban J connectivity index is 1.13. The molecule has 0 bridgehead atoms. The Morgan fingerprint density at radius 3 is 2.52 bits per heavy atom. The summed E-state index contributed by atoms with van der Waals surface area (Å²) in [5, 5.41) is 0. The fraction of sp³-hybridized carbons (Fsp3) is 0.269. The van der Waals surface area contributed by atoms with Gasteiger partial charge in [-0.3, -0.25) is 0 Å². The van der Waals surface area contributed by atoms with E-state index in [1.165, 1.54) is 44.5 Å². The molecule has 52 heavy (non-hydrogen) atoms. The van der Waals surface area contributed by atoms with Crippen LogP contribution in [0.4, 0.5) is 0 Å². The van der Waals surface area contributed by atoms with Crippen LogP contribution in [-0.2, 0) is 10.8 Å². The first-order valence-electron chi connectivity index (χ1n) is 19.8. The smallest absolute Gasteiger partial charge is 0.0534 e. The minimum Gasteiger partial charge on any atom is -0.0991 e. The summed E-state index contributed by atoms with van der Waals surface area (Å²) in [5.74, 6) is 2.00. The van der Waals surface area contributed by atoms with E-state index in [2.05, 4.69) is 148 Å². The van der Waals surface area contributed by atoms with Crippen LogP contribution in [0.5, 0.6) is 0 Å². The molecular weight excluding hydrogens is 625 g/mol. The lowest BCUT2D eigenvalue weighted by Gasteiger charge is -2.41. The summed E-state index contributed by atoms with van der Waals surface area (Å²) < 4.78 is 0. The number of hydrogen-bond acceptors (Lipinski definition) is 0. The zero-order chi connectivity index (χ0) is 34.8. The van der Waals surface area contributed by atoms with E-state index < -0.39 is 0 Å². The fourth-order valence-electron chi connectivity index (χ4n) is 12.8. The highest BCUT2D eigenvalue weighted by Crippen LogP contribution is 2.69. The van der Waals surface area contributed by atoms with Gasteiger partial charge in [-0.25, -0.2) is 0 Å². The van der Waals surface area contributed by atoms with Crippen molar-refractivity contribution in [3.8, 4) is 0 Å². The molecule has 11 rings (SSSR count). The van der Waals surface area contributed by atoms with Gasteiger partial charge < -0.3 is 0 Å². The Morgan fingerprint density at radius 1 is 0.788 bits per heavy atom. The van der Waals surface area contributed by atoms with Gasteiger partial charge in [0.1, 0.15) is 0 Å². The molecule has 0 aromatic heterocycles. The molecule has 0 heterocycles. The van der Waals surface area contributed by atoms with Crippen molar-refractivity contribution in [3.63, 3.8) is 0 Å². The largest absolute Gasteiger partial charge is 0.0991 e. The molecule has 0 aliphatic heterocycles. The van der Waals surface area contributed by atoms with Gasteiger partial charge in [0.25, 0.3) is 0 Å². The van der Waals surface area contributed by atoms with Gasteiger partial charge in [0, 0.05) is 11.3 Å². The Bertz CT molecular complexity index is 2420. The minimum absolute atomic E-state index is 0.108. The first kappa shape index (κ1) is 30.7. The second-order valence-electron chi connectivity index (χ2n) is 16.5. The summed E-state index contributed by atoms with van der Waals surface area (Å²) in [6.07, 6.45) is 32.8. The molecule has 6 atom stereocenters. The topological polar surface area (TPSA) is 0 Å². The van der Waals surface area contributed by atoms with Gasteiger partial charge in [0.2, 0.25) is 0 Å². The van der Waals surface area contributed by atoms with Crippen LogP contribution < -0.4 is 0 Å². The maximum atomic E-state index is 4.09. The molecule has 6 unspecified atom stereocenters. The highest BCUT2D eigenvalue weighted by atomic mass is 14.6. The summed E-state index contributed by atoms with van der Waals surface area (Å²) in [4.78, 5) is 0. The minimum atomic E-state index is -0.176. The second-order valence-corrected chi connectivity index (χ2v) is 16.5. The number of benzene rings is 3. The van der Waals surface area contributed by atoms with Crippen LogP contribution in [-0.4, -0.2) is 0 Å². The molecule has 0 radical (unpaired) electrons. The highest BCUT2D eigenvalue weighted by molar-refractivity contribution is 5.94. The fourth-order valence-corrected chi connectivity index (χ4v) is 12.8. The van der Waals surface area contributed by atoms with Gasteiger partial charge >= 0.3 is 0 Å². The number of fused-ring (bicyclic) bond motifs is 15. The quantitative estimate of drug-likeness (QED) is 0.192. The molecular formula is C52H46. The number of rotatable bonds is 3. The van der Waals surface area contributed by atoms with Gasteiger partial charge in [-0.1, -0.05) is 141 Å². The number of allylic oxidation sites excluding steroid dienone is 19. The Hall–Kier alpha value is -4.94. The van der Waals surface area contributed by atoms with Crippen LogP contribution in [0.3, 0.4) is 0 Å². The van der Waals surface area contributed by atoms with Gasteiger partial charge in [0.15, 0.2) is 0 Å². The summed E-state index contributed by atoms with van der Waals surface area (Å²) in [6, 6.07) is 26.6. The third-order valence-electron chi connectivity index (χ3n) is 14.6. The summed E-state index contributed by atoms with van der Waals surface area (Å²) in [5.41, 5.74) is 22.5. The van der Waals surface area contributed by atoms with Crippen LogP contribution in [0, 0.1) is 17.8 Å². The first-order chi connectivity index (χ1) is 25.6. The van der Waals surface area contributed by atoms with Crippen molar-refractivity contribution in [3.05, 3.63) is 207 Å². The van der Waals surface area contributed by atoms with Crippen LogP contribution in [0.15, 0.2) is 168 Å². The molecule has 2 spiro atoms. The van der Waals surface area contributed by atoms with E-state index in [1.807, 2.05) is 6.08 Å². The van der Waals surface area contributed by atoms with Crippen molar-refractivity contribution in [2.45, 2.75) is 69.1 Å².